The highest BCUT2D eigenvalue weighted by Crippen LogP contribution is 2.23. The minimum atomic E-state index is -0.334. The van der Waals surface area contributed by atoms with Crippen LogP contribution in [0.2, 0.25) is 0 Å². The second-order valence-electron chi connectivity index (χ2n) is 7.20. The fraction of sp³-hybridized carbons (Fsp3) is 0.381. The van der Waals surface area contributed by atoms with E-state index in [4.69, 9.17) is 5.73 Å². The van der Waals surface area contributed by atoms with E-state index in [1.807, 2.05) is 4.90 Å². The summed E-state index contributed by atoms with van der Waals surface area (Å²) in [5, 5.41) is 0. The van der Waals surface area contributed by atoms with Crippen molar-refractivity contribution in [1.29, 1.82) is 0 Å². The summed E-state index contributed by atoms with van der Waals surface area (Å²) < 4.78 is 13.1. The first-order valence-corrected chi connectivity index (χ1v) is 8.79. The predicted octanol–water partition coefficient (Wildman–Crippen LogP) is 3.47. The quantitative estimate of drug-likeness (QED) is 0.930. The van der Waals surface area contributed by atoms with Crippen molar-refractivity contribution < 1.29 is 9.18 Å². The highest BCUT2D eigenvalue weighted by atomic mass is 19.1. The van der Waals surface area contributed by atoms with Crippen LogP contribution in [0.4, 0.5) is 4.39 Å². The monoisotopic (exact) mass is 340 g/mol. The van der Waals surface area contributed by atoms with Crippen LogP contribution in [0.25, 0.3) is 0 Å². The number of carbonyl (C=O) groups is 1. The standard InChI is InChI=1S/C21H25FN2O/c1-14-3-4-16(9-15(14)2)10-17-11-20(23)13-24(12-17)21(25)18-5-7-19(22)8-6-18/h3-9,17,20H,10-13,23H2,1-2H3. The van der Waals surface area contributed by atoms with Crippen LogP contribution in [0.5, 0.6) is 0 Å². The maximum Gasteiger partial charge on any atom is 0.253 e. The van der Waals surface area contributed by atoms with Gasteiger partial charge in [0.1, 0.15) is 5.82 Å². The Hall–Kier alpha value is -2.20. The lowest BCUT2D eigenvalue weighted by molar-refractivity contribution is 0.0649. The molecule has 1 aliphatic heterocycles. The summed E-state index contributed by atoms with van der Waals surface area (Å²) in [5.41, 5.74) is 10.6. The first kappa shape index (κ1) is 17.6. The number of likely N-dealkylation sites (tertiary alicyclic amines) is 1. The number of piperidine rings is 1. The summed E-state index contributed by atoms with van der Waals surface area (Å²) in [7, 11) is 0. The molecule has 0 aromatic heterocycles. The van der Waals surface area contributed by atoms with Crippen molar-refractivity contribution in [2.45, 2.75) is 32.7 Å². The maximum atomic E-state index is 13.1. The molecule has 1 saturated heterocycles. The molecule has 1 aliphatic rings. The Morgan fingerprint density at radius 2 is 1.84 bits per heavy atom. The number of carbonyl (C=O) groups excluding carboxylic acids is 1. The fourth-order valence-electron chi connectivity index (χ4n) is 3.60. The smallest absolute Gasteiger partial charge is 0.253 e. The SMILES string of the molecule is Cc1ccc(CC2CC(N)CN(C(=O)c3ccc(F)cc3)C2)cc1C. The van der Waals surface area contributed by atoms with Crippen molar-refractivity contribution >= 4 is 5.91 Å². The number of hydrogen-bond donors (Lipinski definition) is 1. The van der Waals surface area contributed by atoms with Crippen LogP contribution in [0.1, 0.15) is 33.5 Å². The zero-order valence-corrected chi connectivity index (χ0v) is 14.8. The van der Waals surface area contributed by atoms with Crippen molar-refractivity contribution in [2.75, 3.05) is 13.1 Å². The maximum absolute atomic E-state index is 13.1. The lowest BCUT2D eigenvalue weighted by Crippen LogP contribution is -2.49. The van der Waals surface area contributed by atoms with Crippen molar-refractivity contribution in [1.82, 2.24) is 4.90 Å². The largest absolute Gasteiger partial charge is 0.337 e. The van der Waals surface area contributed by atoms with Gasteiger partial charge >= 0.3 is 0 Å². The molecule has 132 valence electrons. The first-order valence-electron chi connectivity index (χ1n) is 8.79. The number of hydrogen-bond acceptors (Lipinski definition) is 2. The molecule has 2 aromatic rings. The molecular weight excluding hydrogens is 315 g/mol. The van der Waals surface area contributed by atoms with E-state index in [-0.39, 0.29) is 17.8 Å². The molecule has 2 atom stereocenters. The summed E-state index contributed by atoms with van der Waals surface area (Å²) in [6.45, 7) is 5.48. The molecule has 25 heavy (non-hydrogen) atoms. The molecule has 2 N–H and O–H groups in total. The lowest BCUT2D eigenvalue weighted by atomic mass is 9.88. The van der Waals surface area contributed by atoms with Crippen LogP contribution in [0.15, 0.2) is 42.5 Å². The van der Waals surface area contributed by atoms with Gasteiger partial charge in [0.25, 0.3) is 5.91 Å². The molecule has 1 amide bonds. The zero-order valence-electron chi connectivity index (χ0n) is 14.8. The molecule has 3 nitrogen and oxygen atoms in total. The Labute approximate surface area is 148 Å². The van der Waals surface area contributed by atoms with E-state index >= 15 is 0 Å². The average Bonchev–Trinajstić information content (AvgIpc) is 2.58. The lowest BCUT2D eigenvalue weighted by Gasteiger charge is -2.36. The average molecular weight is 340 g/mol. The van der Waals surface area contributed by atoms with E-state index in [1.165, 1.54) is 41.0 Å². The van der Waals surface area contributed by atoms with Gasteiger partial charge in [-0.15, -0.1) is 0 Å². The van der Waals surface area contributed by atoms with Gasteiger partial charge in [-0.3, -0.25) is 4.79 Å². The third-order valence-corrected chi connectivity index (χ3v) is 5.04. The molecule has 0 spiro atoms. The van der Waals surface area contributed by atoms with Crippen LogP contribution in [-0.4, -0.2) is 29.9 Å². The third kappa shape index (κ3) is 4.26. The Kier molecular flexibility index (Phi) is 5.19. The van der Waals surface area contributed by atoms with E-state index in [0.29, 0.717) is 24.6 Å². The number of nitrogens with two attached hydrogens (primary N) is 1. The summed E-state index contributed by atoms with van der Waals surface area (Å²) in [6, 6.07) is 12.2. The summed E-state index contributed by atoms with van der Waals surface area (Å²) >= 11 is 0. The molecule has 0 saturated carbocycles. The van der Waals surface area contributed by atoms with Gasteiger partial charge in [-0.05, 0) is 73.6 Å². The third-order valence-electron chi connectivity index (χ3n) is 5.04. The van der Waals surface area contributed by atoms with Gasteiger partial charge in [0.15, 0.2) is 0 Å². The molecular formula is C21H25FN2O. The molecule has 1 fully saturated rings. The predicted molar refractivity (Wildman–Crippen MR) is 98.0 cm³/mol. The van der Waals surface area contributed by atoms with Gasteiger partial charge in [-0.1, -0.05) is 18.2 Å². The first-order chi connectivity index (χ1) is 11.9. The van der Waals surface area contributed by atoms with E-state index in [9.17, 15) is 9.18 Å². The topological polar surface area (TPSA) is 46.3 Å². The van der Waals surface area contributed by atoms with Crippen LogP contribution in [-0.2, 0) is 6.42 Å². The van der Waals surface area contributed by atoms with Gasteiger partial charge in [0.05, 0.1) is 0 Å². The number of nitrogens with zero attached hydrogens (tertiary/aromatic N) is 1. The van der Waals surface area contributed by atoms with E-state index in [2.05, 4.69) is 32.0 Å². The van der Waals surface area contributed by atoms with Gasteiger partial charge in [0, 0.05) is 24.7 Å². The summed E-state index contributed by atoms with van der Waals surface area (Å²) in [6.07, 6.45) is 1.84. The minimum absolute atomic E-state index is 0.0188. The van der Waals surface area contributed by atoms with Crippen molar-refractivity contribution in [3.8, 4) is 0 Å². The van der Waals surface area contributed by atoms with Gasteiger partial charge in [-0.25, -0.2) is 4.39 Å². The summed E-state index contributed by atoms with van der Waals surface area (Å²) in [4.78, 5) is 14.5. The minimum Gasteiger partial charge on any atom is -0.337 e. The zero-order chi connectivity index (χ0) is 18.0. The van der Waals surface area contributed by atoms with Gasteiger partial charge in [-0.2, -0.15) is 0 Å². The van der Waals surface area contributed by atoms with Crippen molar-refractivity contribution in [2.24, 2.45) is 11.7 Å². The van der Waals surface area contributed by atoms with Crippen LogP contribution >= 0.6 is 0 Å². The van der Waals surface area contributed by atoms with Crippen LogP contribution in [0, 0.1) is 25.6 Å². The molecule has 4 heteroatoms. The van der Waals surface area contributed by atoms with Crippen LogP contribution in [0.3, 0.4) is 0 Å². The second-order valence-corrected chi connectivity index (χ2v) is 7.20. The molecule has 0 bridgehead atoms. The van der Waals surface area contributed by atoms with Crippen molar-refractivity contribution in [3.63, 3.8) is 0 Å². The molecule has 1 heterocycles. The van der Waals surface area contributed by atoms with E-state index in [1.54, 1.807) is 0 Å². The highest BCUT2D eigenvalue weighted by molar-refractivity contribution is 5.94. The number of aryl methyl sites for hydroxylation is 2. The van der Waals surface area contributed by atoms with Gasteiger partial charge in [0.2, 0.25) is 0 Å². The number of amides is 1. The Morgan fingerprint density at radius 3 is 2.52 bits per heavy atom. The van der Waals surface area contributed by atoms with E-state index in [0.717, 1.165) is 12.8 Å². The van der Waals surface area contributed by atoms with E-state index < -0.39 is 0 Å². The number of rotatable bonds is 3. The molecule has 0 aliphatic carbocycles. The second kappa shape index (κ2) is 7.36. The Balaban J connectivity index is 1.71. The van der Waals surface area contributed by atoms with Crippen molar-refractivity contribution in [3.05, 3.63) is 70.5 Å². The highest BCUT2D eigenvalue weighted by Gasteiger charge is 2.28. The number of halogens is 1. The Morgan fingerprint density at radius 1 is 1.12 bits per heavy atom. The molecule has 2 unspecified atom stereocenters. The molecule has 0 radical (unpaired) electrons. The molecule has 2 aromatic carbocycles. The van der Waals surface area contributed by atoms with Crippen LogP contribution < -0.4 is 5.73 Å². The fourth-order valence-corrected chi connectivity index (χ4v) is 3.60. The summed E-state index contributed by atoms with van der Waals surface area (Å²) in [5.74, 6) is -0.0602. The number of benzene rings is 2. The normalized spacial score (nSPS) is 20.6. The Bertz CT molecular complexity index is 757. The molecule has 3 rings (SSSR count). The van der Waals surface area contributed by atoms with Gasteiger partial charge < -0.3 is 10.6 Å².